The van der Waals surface area contributed by atoms with Gasteiger partial charge in [0.25, 0.3) is 0 Å². The van der Waals surface area contributed by atoms with Crippen LogP contribution in [0.3, 0.4) is 0 Å². The minimum absolute atomic E-state index is 0.0765. The van der Waals surface area contributed by atoms with Crippen molar-refractivity contribution in [3.05, 3.63) is 29.8 Å². The molecule has 0 saturated heterocycles. The Kier molecular flexibility index (Phi) is 5.18. The highest BCUT2D eigenvalue weighted by Gasteiger charge is 2.07. The summed E-state index contributed by atoms with van der Waals surface area (Å²) in [6.45, 7) is 1.95. The average molecular weight is 231 g/mol. The van der Waals surface area contributed by atoms with Gasteiger partial charge in [-0.1, -0.05) is 19.1 Å². The molecule has 0 bridgehead atoms. The third-order valence-corrected chi connectivity index (χ3v) is 2.49. The lowest BCUT2D eigenvalue weighted by molar-refractivity contribution is -0.116. The maximum Gasteiger partial charge on any atom is 0.225 e. The molecule has 1 amide bonds. The number of amides is 1. The fourth-order valence-corrected chi connectivity index (χ4v) is 1.39. The highest BCUT2D eigenvalue weighted by Crippen LogP contribution is 2.10. The Morgan fingerprint density at radius 2 is 2.12 bits per heavy atom. The Morgan fingerprint density at radius 1 is 1.47 bits per heavy atom. The zero-order valence-corrected chi connectivity index (χ0v) is 9.94. The monoisotopic (exact) mass is 231 g/mol. The van der Waals surface area contributed by atoms with Gasteiger partial charge in [0.2, 0.25) is 5.91 Å². The van der Waals surface area contributed by atoms with Gasteiger partial charge in [-0.05, 0) is 24.1 Å². The zero-order valence-electron chi connectivity index (χ0n) is 9.94. The van der Waals surface area contributed by atoms with Crippen LogP contribution in [0.2, 0.25) is 0 Å². The summed E-state index contributed by atoms with van der Waals surface area (Å²) in [5, 5.41) is 11.3. The smallest absolute Gasteiger partial charge is 0.225 e. The van der Waals surface area contributed by atoms with Crippen molar-refractivity contribution >= 4 is 11.6 Å². The van der Waals surface area contributed by atoms with E-state index < -0.39 is 0 Å². The number of rotatable bonds is 5. The molecule has 1 atom stereocenters. The molecule has 0 saturated carbocycles. The van der Waals surface area contributed by atoms with E-state index in [1.807, 2.05) is 19.1 Å². The van der Waals surface area contributed by atoms with Crippen LogP contribution >= 0.6 is 0 Å². The Bertz CT molecular complexity index is 406. The van der Waals surface area contributed by atoms with Gasteiger partial charge in [-0.2, -0.15) is 5.26 Å². The van der Waals surface area contributed by atoms with Crippen LogP contribution in [0.15, 0.2) is 24.3 Å². The number of hydrogen-bond acceptors (Lipinski definition) is 3. The van der Waals surface area contributed by atoms with Gasteiger partial charge < -0.3 is 11.1 Å². The van der Waals surface area contributed by atoms with Crippen LogP contribution < -0.4 is 11.1 Å². The quantitative estimate of drug-likeness (QED) is 0.811. The Hall–Kier alpha value is -1.86. The van der Waals surface area contributed by atoms with Gasteiger partial charge in [0.05, 0.1) is 12.5 Å². The summed E-state index contributed by atoms with van der Waals surface area (Å²) in [6.07, 6.45) is 1.50. The summed E-state index contributed by atoms with van der Waals surface area (Å²) in [7, 11) is 0. The standard InChI is InChI=1S/C13H17N3O/c1-2-11(15)9-13(17)16-12-5-3-10(4-6-12)7-8-14/h3-6,11H,2,7,9,15H2,1H3,(H,16,17). The molecule has 0 aliphatic rings. The predicted octanol–water partition coefficient (Wildman–Crippen LogP) is 1.82. The molecule has 90 valence electrons. The van der Waals surface area contributed by atoms with Gasteiger partial charge in [0.15, 0.2) is 0 Å². The number of carbonyl (C=O) groups is 1. The molecule has 1 unspecified atom stereocenters. The second-order valence-corrected chi connectivity index (χ2v) is 3.95. The second-order valence-electron chi connectivity index (χ2n) is 3.95. The van der Waals surface area contributed by atoms with E-state index in [1.165, 1.54) is 0 Å². The van der Waals surface area contributed by atoms with Crippen molar-refractivity contribution in [2.24, 2.45) is 5.73 Å². The van der Waals surface area contributed by atoms with Crippen molar-refractivity contribution in [1.82, 2.24) is 0 Å². The van der Waals surface area contributed by atoms with Gasteiger partial charge in [-0.25, -0.2) is 0 Å². The first-order valence-electron chi connectivity index (χ1n) is 5.67. The number of nitrogens with two attached hydrogens (primary N) is 1. The van der Waals surface area contributed by atoms with Crippen LogP contribution in [0.1, 0.15) is 25.3 Å². The molecule has 0 aromatic heterocycles. The lowest BCUT2D eigenvalue weighted by Gasteiger charge is -2.09. The van der Waals surface area contributed by atoms with Crippen molar-refractivity contribution in [3.8, 4) is 6.07 Å². The van der Waals surface area contributed by atoms with Gasteiger partial charge in [-0.15, -0.1) is 0 Å². The molecule has 0 aliphatic carbocycles. The summed E-state index contributed by atoms with van der Waals surface area (Å²) < 4.78 is 0. The van der Waals surface area contributed by atoms with Gasteiger partial charge >= 0.3 is 0 Å². The molecule has 1 aromatic rings. The number of nitrogens with one attached hydrogen (secondary N) is 1. The summed E-state index contributed by atoms with van der Waals surface area (Å²) in [5.41, 5.74) is 7.37. The lowest BCUT2D eigenvalue weighted by atomic mass is 10.1. The van der Waals surface area contributed by atoms with E-state index in [4.69, 9.17) is 11.0 Å². The number of nitrogens with zero attached hydrogens (tertiary/aromatic N) is 1. The molecule has 0 radical (unpaired) electrons. The molecule has 4 heteroatoms. The fourth-order valence-electron chi connectivity index (χ4n) is 1.39. The predicted molar refractivity (Wildman–Crippen MR) is 67.3 cm³/mol. The molecular weight excluding hydrogens is 214 g/mol. The van der Waals surface area contributed by atoms with Crippen molar-refractivity contribution in [2.75, 3.05) is 5.32 Å². The Balaban J connectivity index is 2.52. The van der Waals surface area contributed by atoms with E-state index >= 15 is 0 Å². The number of anilines is 1. The van der Waals surface area contributed by atoms with E-state index in [2.05, 4.69) is 11.4 Å². The van der Waals surface area contributed by atoms with E-state index in [-0.39, 0.29) is 11.9 Å². The molecule has 0 spiro atoms. The maximum absolute atomic E-state index is 11.5. The number of carbonyl (C=O) groups excluding carboxylic acids is 1. The highest BCUT2D eigenvalue weighted by atomic mass is 16.1. The largest absolute Gasteiger partial charge is 0.327 e. The topological polar surface area (TPSA) is 78.9 Å². The van der Waals surface area contributed by atoms with Crippen molar-refractivity contribution < 1.29 is 4.79 Å². The van der Waals surface area contributed by atoms with Crippen LogP contribution in [0.4, 0.5) is 5.69 Å². The van der Waals surface area contributed by atoms with Crippen LogP contribution in [0, 0.1) is 11.3 Å². The van der Waals surface area contributed by atoms with E-state index in [0.717, 1.165) is 17.7 Å². The van der Waals surface area contributed by atoms with Crippen LogP contribution in [0.25, 0.3) is 0 Å². The van der Waals surface area contributed by atoms with Gasteiger partial charge in [0.1, 0.15) is 0 Å². The number of benzene rings is 1. The average Bonchev–Trinajstić information content (AvgIpc) is 2.31. The Labute approximate surface area is 101 Å². The zero-order chi connectivity index (χ0) is 12.7. The van der Waals surface area contributed by atoms with Crippen LogP contribution in [-0.2, 0) is 11.2 Å². The fraction of sp³-hybridized carbons (Fsp3) is 0.385. The van der Waals surface area contributed by atoms with Crippen molar-refractivity contribution in [2.45, 2.75) is 32.2 Å². The minimum atomic E-state index is -0.0899. The lowest BCUT2D eigenvalue weighted by Crippen LogP contribution is -2.26. The SMILES string of the molecule is CCC(N)CC(=O)Nc1ccc(CC#N)cc1. The molecule has 4 nitrogen and oxygen atoms in total. The van der Waals surface area contributed by atoms with Gasteiger partial charge in [-0.3, -0.25) is 4.79 Å². The maximum atomic E-state index is 11.5. The third kappa shape index (κ3) is 4.66. The molecule has 3 N–H and O–H groups in total. The number of hydrogen-bond donors (Lipinski definition) is 2. The van der Waals surface area contributed by atoms with Crippen LogP contribution in [0.5, 0.6) is 0 Å². The molecule has 1 aromatic carbocycles. The van der Waals surface area contributed by atoms with E-state index in [9.17, 15) is 4.79 Å². The molecule has 1 rings (SSSR count). The number of nitriles is 1. The van der Waals surface area contributed by atoms with Crippen molar-refractivity contribution in [1.29, 1.82) is 5.26 Å². The molecule has 0 aliphatic heterocycles. The normalized spacial score (nSPS) is 11.6. The second kappa shape index (κ2) is 6.66. The molecular formula is C13H17N3O. The minimum Gasteiger partial charge on any atom is -0.327 e. The Morgan fingerprint density at radius 3 is 2.65 bits per heavy atom. The first-order valence-corrected chi connectivity index (χ1v) is 5.67. The third-order valence-electron chi connectivity index (χ3n) is 2.49. The summed E-state index contributed by atoms with van der Waals surface area (Å²) >= 11 is 0. The molecule has 0 heterocycles. The van der Waals surface area contributed by atoms with E-state index in [0.29, 0.717) is 12.8 Å². The summed E-state index contributed by atoms with van der Waals surface area (Å²) in [6, 6.07) is 9.24. The molecule has 0 fully saturated rings. The highest BCUT2D eigenvalue weighted by molar-refractivity contribution is 5.91. The van der Waals surface area contributed by atoms with Gasteiger partial charge in [0, 0.05) is 18.2 Å². The van der Waals surface area contributed by atoms with Crippen molar-refractivity contribution in [3.63, 3.8) is 0 Å². The summed E-state index contributed by atoms with van der Waals surface area (Å²) in [5.74, 6) is -0.0765. The first-order chi connectivity index (χ1) is 8.15. The van der Waals surface area contributed by atoms with E-state index in [1.54, 1.807) is 12.1 Å². The summed E-state index contributed by atoms with van der Waals surface area (Å²) in [4.78, 5) is 11.5. The molecule has 17 heavy (non-hydrogen) atoms. The first kappa shape index (κ1) is 13.2. The van der Waals surface area contributed by atoms with Crippen LogP contribution in [-0.4, -0.2) is 11.9 Å².